The molecule has 1 N–H and O–H groups in total. The van der Waals surface area contributed by atoms with E-state index >= 15 is 0 Å². The van der Waals surface area contributed by atoms with Crippen molar-refractivity contribution in [2.45, 2.75) is 33.4 Å². The molecule has 0 radical (unpaired) electrons. The number of aryl methyl sites for hydroxylation is 3. The lowest BCUT2D eigenvalue weighted by molar-refractivity contribution is 0.514. The van der Waals surface area contributed by atoms with Gasteiger partial charge in [0.1, 0.15) is 0 Å². The summed E-state index contributed by atoms with van der Waals surface area (Å²) in [6, 6.07) is 4.34. The average Bonchev–Trinajstić information content (AvgIpc) is 2.92. The molecule has 18 heavy (non-hydrogen) atoms. The highest BCUT2D eigenvalue weighted by Gasteiger charge is 2.20. The van der Waals surface area contributed by atoms with Gasteiger partial charge in [-0.15, -0.1) is 0 Å². The first-order valence-corrected chi connectivity index (χ1v) is 6.43. The standard InChI is InChI=1S/C13H21N5/c1-5-14-13(11-7-8-15-17(11)4)12-9-10(3)16-18(12)6-2/h7-9,13-14H,5-6H2,1-4H3. The van der Waals surface area contributed by atoms with Crippen molar-refractivity contribution in [1.29, 1.82) is 0 Å². The summed E-state index contributed by atoms with van der Waals surface area (Å²) >= 11 is 0. The van der Waals surface area contributed by atoms with Gasteiger partial charge in [-0.2, -0.15) is 10.2 Å². The van der Waals surface area contributed by atoms with Crippen molar-refractivity contribution >= 4 is 0 Å². The van der Waals surface area contributed by atoms with Gasteiger partial charge in [-0.3, -0.25) is 9.36 Å². The highest BCUT2D eigenvalue weighted by atomic mass is 15.3. The monoisotopic (exact) mass is 247 g/mol. The molecule has 0 aliphatic carbocycles. The summed E-state index contributed by atoms with van der Waals surface area (Å²) < 4.78 is 3.96. The Labute approximate surface area is 108 Å². The van der Waals surface area contributed by atoms with Gasteiger partial charge in [0.2, 0.25) is 0 Å². The zero-order chi connectivity index (χ0) is 13.1. The number of hydrogen-bond acceptors (Lipinski definition) is 3. The molecule has 0 aromatic carbocycles. The fraction of sp³-hybridized carbons (Fsp3) is 0.538. The van der Waals surface area contributed by atoms with Crippen molar-refractivity contribution in [3.63, 3.8) is 0 Å². The largest absolute Gasteiger partial charge is 0.304 e. The maximum Gasteiger partial charge on any atom is 0.0918 e. The molecule has 2 heterocycles. The normalized spacial score (nSPS) is 12.9. The first-order chi connectivity index (χ1) is 8.67. The lowest BCUT2D eigenvalue weighted by Crippen LogP contribution is -2.26. The Morgan fingerprint density at radius 2 is 2.11 bits per heavy atom. The minimum atomic E-state index is 0.142. The minimum absolute atomic E-state index is 0.142. The third-order valence-corrected chi connectivity index (χ3v) is 3.09. The van der Waals surface area contributed by atoms with Gasteiger partial charge in [-0.05, 0) is 32.5 Å². The molecule has 5 nitrogen and oxygen atoms in total. The Kier molecular flexibility index (Phi) is 3.81. The maximum absolute atomic E-state index is 4.52. The molecule has 98 valence electrons. The smallest absolute Gasteiger partial charge is 0.0918 e. The van der Waals surface area contributed by atoms with Crippen molar-refractivity contribution in [3.05, 3.63) is 35.4 Å². The second-order valence-corrected chi connectivity index (χ2v) is 4.40. The Balaban J connectivity index is 2.44. The van der Waals surface area contributed by atoms with Crippen LogP contribution in [0.15, 0.2) is 18.3 Å². The third-order valence-electron chi connectivity index (χ3n) is 3.09. The lowest BCUT2D eigenvalue weighted by Gasteiger charge is -2.19. The Morgan fingerprint density at radius 3 is 2.67 bits per heavy atom. The quantitative estimate of drug-likeness (QED) is 0.874. The van der Waals surface area contributed by atoms with Gasteiger partial charge in [-0.1, -0.05) is 6.92 Å². The molecule has 2 aromatic rings. The van der Waals surface area contributed by atoms with Crippen LogP contribution in [-0.2, 0) is 13.6 Å². The van der Waals surface area contributed by atoms with E-state index in [2.05, 4.69) is 46.2 Å². The van der Waals surface area contributed by atoms with Crippen LogP contribution in [0.1, 0.15) is 37.0 Å². The van der Waals surface area contributed by atoms with E-state index in [1.54, 1.807) is 0 Å². The molecule has 0 spiro atoms. The molecule has 0 amide bonds. The van der Waals surface area contributed by atoms with Gasteiger partial charge >= 0.3 is 0 Å². The van der Waals surface area contributed by atoms with Gasteiger partial charge in [0.05, 0.1) is 23.1 Å². The van der Waals surface area contributed by atoms with E-state index in [0.717, 1.165) is 24.5 Å². The highest BCUT2D eigenvalue weighted by Crippen LogP contribution is 2.22. The zero-order valence-electron chi connectivity index (χ0n) is 11.5. The summed E-state index contributed by atoms with van der Waals surface area (Å²) in [6.07, 6.45) is 1.83. The molecular formula is C13H21N5. The van der Waals surface area contributed by atoms with E-state index < -0.39 is 0 Å². The number of nitrogens with zero attached hydrogens (tertiary/aromatic N) is 4. The van der Waals surface area contributed by atoms with Gasteiger partial charge < -0.3 is 5.32 Å². The predicted molar refractivity (Wildman–Crippen MR) is 71.4 cm³/mol. The van der Waals surface area contributed by atoms with Crippen LogP contribution in [0.3, 0.4) is 0 Å². The number of aromatic nitrogens is 4. The van der Waals surface area contributed by atoms with Crippen molar-refractivity contribution < 1.29 is 0 Å². The SMILES string of the molecule is CCNC(c1ccnn1C)c1cc(C)nn1CC. The summed E-state index contributed by atoms with van der Waals surface area (Å²) in [7, 11) is 1.97. The second-order valence-electron chi connectivity index (χ2n) is 4.40. The van der Waals surface area contributed by atoms with Crippen LogP contribution in [-0.4, -0.2) is 26.1 Å². The van der Waals surface area contributed by atoms with Crippen molar-refractivity contribution in [3.8, 4) is 0 Å². The van der Waals surface area contributed by atoms with Crippen molar-refractivity contribution in [1.82, 2.24) is 24.9 Å². The molecule has 0 aliphatic rings. The molecule has 0 saturated heterocycles. The van der Waals surface area contributed by atoms with E-state index in [9.17, 15) is 0 Å². The van der Waals surface area contributed by atoms with Crippen LogP contribution in [0.5, 0.6) is 0 Å². The van der Waals surface area contributed by atoms with Gasteiger partial charge in [-0.25, -0.2) is 0 Å². The summed E-state index contributed by atoms with van der Waals surface area (Å²) in [6.45, 7) is 8.04. The van der Waals surface area contributed by atoms with Gasteiger partial charge in [0, 0.05) is 19.8 Å². The van der Waals surface area contributed by atoms with Crippen molar-refractivity contribution in [2.24, 2.45) is 7.05 Å². The lowest BCUT2D eigenvalue weighted by atomic mass is 10.1. The number of rotatable bonds is 5. The molecule has 2 rings (SSSR count). The van der Waals surface area contributed by atoms with Crippen molar-refractivity contribution in [2.75, 3.05) is 6.54 Å². The summed E-state index contributed by atoms with van der Waals surface area (Å²) in [5, 5.41) is 12.3. The van der Waals surface area contributed by atoms with Gasteiger partial charge in [0.25, 0.3) is 0 Å². The Morgan fingerprint density at radius 1 is 1.33 bits per heavy atom. The van der Waals surface area contributed by atoms with Crippen LogP contribution in [0, 0.1) is 6.92 Å². The Bertz CT molecular complexity index is 511. The third kappa shape index (κ3) is 2.31. The molecule has 1 atom stereocenters. The second kappa shape index (κ2) is 5.35. The van der Waals surface area contributed by atoms with Gasteiger partial charge in [0.15, 0.2) is 0 Å². The summed E-state index contributed by atoms with van der Waals surface area (Å²) in [5.74, 6) is 0. The van der Waals surface area contributed by atoms with E-state index in [1.165, 1.54) is 5.69 Å². The molecule has 0 bridgehead atoms. The van der Waals surface area contributed by atoms with E-state index in [1.807, 2.05) is 24.9 Å². The molecular weight excluding hydrogens is 226 g/mol. The molecule has 2 aromatic heterocycles. The molecule has 1 unspecified atom stereocenters. The van der Waals surface area contributed by atoms with Crippen LogP contribution in [0.2, 0.25) is 0 Å². The maximum atomic E-state index is 4.52. The Hall–Kier alpha value is -1.62. The fourth-order valence-electron chi connectivity index (χ4n) is 2.28. The first kappa shape index (κ1) is 12.8. The van der Waals surface area contributed by atoms with Crippen LogP contribution < -0.4 is 5.32 Å². The first-order valence-electron chi connectivity index (χ1n) is 6.43. The summed E-state index contributed by atoms with van der Waals surface area (Å²) in [4.78, 5) is 0. The van der Waals surface area contributed by atoms with Crippen LogP contribution in [0.25, 0.3) is 0 Å². The van der Waals surface area contributed by atoms with Crippen LogP contribution >= 0.6 is 0 Å². The average molecular weight is 247 g/mol. The summed E-state index contributed by atoms with van der Waals surface area (Å²) in [5.41, 5.74) is 3.41. The molecule has 0 fully saturated rings. The number of hydrogen-bond donors (Lipinski definition) is 1. The number of nitrogens with one attached hydrogen (secondary N) is 1. The van der Waals surface area contributed by atoms with Crippen LogP contribution in [0.4, 0.5) is 0 Å². The molecule has 5 heteroatoms. The topological polar surface area (TPSA) is 47.7 Å². The van der Waals surface area contributed by atoms with E-state index in [-0.39, 0.29) is 6.04 Å². The fourth-order valence-corrected chi connectivity index (χ4v) is 2.28. The van der Waals surface area contributed by atoms with E-state index in [0.29, 0.717) is 0 Å². The predicted octanol–water partition coefficient (Wildman–Crippen LogP) is 1.64. The molecule has 0 saturated carbocycles. The minimum Gasteiger partial charge on any atom is -0.304 e. The zero-order valence-corrected chi connectivity index (χ0v) is 11.5. The highest BCUT2D eigenvalue weighted by molar-refractivity contribution is 5.23. The van der Waals surface area contributed by atoms with E-state index in [4.69, 9.17) is 0 Å². The molecule has 0 aliphatic heterocycles.